The highest BCUT2D eigenvalue weighted by molar-refractivity contribution is 4.71. The van der Waals surface area contributed by atoms with Gasteiger partial charge in [0.15, 0.2) is 0 Å². The van der Waals surface area contributed by atoms with E-state index in [4.69, 9.17) is 4.74 Å². The van der Waals surface area contributed by atoms with Crippen LogP contribution < -0.4 is 0 Å². The van der Waals surface area contributed by atoms with Crippen LogP contribution in [0.4, 0.5) is 0 Å². The van der Waals surface area contributed by atoms with Crippen LogP contribution in [0, 0.1) is 0 Å². The first kappa shape index (κ1) is 18.0. The number of hydrogen-bond acceptors (Lipinski definition) is 2. The SMILES string of the molecule is CCCCCCCCCC[C@H]1CN(CCCC)CCO1. The average molecular weight is 284 g/mol. The molecule has 2 heteroatoms. The predicted molar refractivity (Wildman–Crippen MR) is 88.3 cm³/mol. The summed E-state index contributed by atoms with van der Waals surface area (Å²) in [5.41, 5.74) is 0. The van der Waals surface area contributed by atoms with Crippen molar-refractivity contribution in [3.8, 4) is 0 Å². The molecule has 2 nitrogen and oxygen atoms in total. The topological polar surface area (TPSA) is 12.5 Å². The molecule has 0 radical (unpaired) electrons. The first-order chi connectivity index (χ1) is 9.86. The van der Waals surface area contributed by atoms with Crippen molar-refractivity contribution in [2.24, 2.45) is 0 Å². The Balaban J connectivity index is 1.93. The minimum Gasteiger partial charge on any atom is -0.376 e. The van der Waals surface area contributed by atoms with E-state index in [0.717, 1.165) is 13.2 Å². The molecule has 1 saturated heterocycles. The molecule has 20 heavy (non-hydrogen) atoms. The molecule has 0 unspecified atom stereocenters. The predicted octanol–water partition coefficient (Wildman–Crippen LogP) is 5.02. The van der Waals surface area contributed by atoms with Crippen LogP contribution in [0.15, 0.2) is 0 Å². The normalized spacial score (nSPS) is 20.4. The fraction of sp³-hybridized carbons (Fsp3) is 1.00. The molecule has 0 aromatic rings. The summed E-state index contributed by atoms with van der Waals surface area (Å²) >= 11 is 0. The number of morpholine rings is 1. The Morgan fingerprint density at radius 1 is 0.850 bits per heavy atom. The Morgan fingerprint density at radius 2 is 1.50 bits per heavy atom. The zero-order valence-electron chi connectivity index (χ0n) is 14.0. The van der Waals surface area contributed by atoms with Crippen LogP contribution in [0.5, 0.6) is 0 Å². The molecule has 1 aliphatic rings. The zero-order chi connectivity index (χ0) is 14.5. The van der Waals surface area contributed by atoms with E-state index >= 15 is 0 Å². The van der Waals surface area contributed by atoms with E-state index in [1.807, 2.05) is 0 Å². The first-order valence-corrected chi connectivity index (χ1v) is 9.20. The quantitative estimate of drug-likeness (QED) is 0.466. The highest BCUT2D eigenvalue weighted by Gasteiger charge is 2.19. The number of ether oxygens (including phenoxy) is 1. The molecule has 0 bridgehead atoms. The summed E-state index contributed by atoms with van der Waals surface area (Å²) < 4.78 is 5.91. The van der Waals surface area contributed by atoms with Gasteiger partial charge in [0.1, 0.15) is 0 Å². The maximum Gasteiger partial charge on any atom is 0.0702 e. The minimum atomic E-state index is 0.515. The number of unbranched alkanes of at least 4 members (excludes halogenated alkanes) is 8. The van der Waals surface area contributed by atoms with Crippen LogP contribution in [0.3, 0.4) is 0 Å². The Kier molecular flexibility index (Phi) is 11.4. The summed E-state index contributed by atoms with van der Waals surface area (Å²) in [7, 11) is 0. The molecule has 120 valence electrons. The van der Waals surface area contributed by atoms with Gasteiger partial charge < -0.3 is 4.74 Å². The lowest BCUT2D eigenvalue weighted by Gasteiger charge is -2.33. The third-order valence-electron chi connectivity index (χ3n) is 4.43. The molecular formula is C18H37NO. The summed E-state index contributed by atoms with van der Waals surface area (Å²) in [5.74, 6) is 0. The monoisotopic (exact) mass is 283 g/mol. The van der Waals surface area contributed by atoms with Gasteiger partial charge in [0, 0.05) is 13.1 Å². The lowest BCUT2D eigenvalue weighted by atomic mass is 10.0. The van der Waals surface area contributed by atoms with Gasteiger partial charge >= 0.3 is 0 Å². The third-order valence-corrected chi connectivity index (χ3v) is 4.43. The van der Waals surface area contributed by atoms with Gasteiger partial charge in [-0.2, -0.15) is 0 Å². The fourth-order valence-electron chi connectivity index (χ4n) is 3.05. The molecule has 1 rings (SSSR count). The van der Waals surface area contributed by atoms with Gasteiger partial charge in [-0.15, -0.1) is 0 Å². The van der Waals surface area contributed by atoms with Gasteiger partial charge in [-0.25, -0.2) is 0 Å². The van der Waals surface area contributed by atoms with E-state index in [-0.39, 0.29) is 0 Å². The molecule has 1 heterocycles. The Bertz CT molecular complexity index is 208. The summed E-state index contributed by atoms with van der Waals surface area (Å²) in [6, 6.07) is 0. The second kappa shape index (κ2) is 12.6. The molecule has 0 aromatic heterocycles. The smallest absolute Gasteiger partial charge is 0.0702 e. The lowest BCUT2D eigenvalue weighted by Crippen LogP contribution is -2.42. The van der Waals surface area contributed by atoms with Gasteiger partial charge in [0.05, 0.1) is 12.7 Å². The number of nitrogens with zero attached hydrogens (tertiary/aromatic N) is 1. The standard InChI is InChI=1S/C18H37NO/c1-3-5-7-8-9-10-11-12-13-18-17-19(14-6-4-2)15-16-20-18/h18H,3-17H2,1-2H3/t18-/m0/s1. The van der Waals surface area contributed by atoms with Gasteiger partial charge in [-0.1, -0.05) is 71.6 Å². The maximum atomic E-state index is 5.91. The molecule has 0 aliphatic carbocycles. The maximum absolute atomic E-state index is 5.91. The van der Waals surface area contributed by atoms with Gasteiger partial charge in [-0.3, -0.25) is 4.90 Å². The lowest BCUT2D eigenvalue weighted by molar-refractivity contribution is -0.0332. The van der Waals surface area contributed by atoms with Crippen molar-refractivity contribution in [1.29, 1.82) is 0 Å². The molecule has 0 saturated carbocycles. The third kappa shape index (κ3) is 8.97. The molecular weight excluding hydrogens is 246 g/mol. The van der Waals surface area contributed by atoms with Crippen molar-refractivity contribution >= 4 is 0 Å². The molecule has 1 fully saturated rings. The van der Waals surface area contributed by atoms with E-state index in [1.165, 1.54) is 83.7 Å². The van der Waals surface area contributed by atoms with Crippen molar-refractivity contribution in [3.05, 3.63) is 0 Å². The summed E-state index contributed by atoms with van der Waals surface area (Å²) in [6.45, 7) is 9.11. The Labute approximate surface area is 127 Å². The summed E-state index contributed by atoms with van der Waals surface area (Å²) in [6.07, 6.45) is 15.7. The van der Waals surface area contributed by atoms with E-state index in [2.05, 4.69) is 18.7 Å². The minimum absolute atomic E-state index is 0.515. The molecule has 1 aliphatic heterocycles. The summed E-state index contributed by atoms with van der Waals surface area (Å²) in [5, 5.41) is 0. The molecule has 0 spiro atoms. The van der Waals surface area contributed by atoms with Crippen molar-refractivity contribution in [3.63, 3.8) is 0 Å². The summed E-state index contributed by atoms with van der Waals surface area (Å²) in [4.78, 5) is 2.60. The Morgan fingerprint density at radius 3 is 2.20 bits per heavy atom. The van der Waals surface area contributed by atoms with Gasteiger partial charge in [0.25, 0.3) is 0 Å². The van der Waals surface area contributed by atoms with Crippen LogP contribution in [-0.2, 0) is 4.74 Å². The van der Waals surface area contributed by atoms with Crippen molar-refractivity contribution in [2.75, 3.05) is 26.2 Å². The van der Waals surface area contributed by atoms with Gasteiger partial charge in [0.2, 0.25) is 0 Å². The van der Waals surface area contributed by atoms with E-state index in [9.17, 15) is 0 Å². The van der Waals surface area contributed by atoms with Crippen LogP contribution in [0.1, 0.15) is 84.5 Å². The van der Waals surface area contributed by atoms with Crippen LogP contribution in [0.25, 0.3) is 0 Å². The molecule has 0 aromatic carbocycles. The Hall–Kier alpha value is -0.0800. The highest BCUT2D eigenvalue weighted by Crippen LogP contribution is 2.15. The van der Waals surface area contributed by atoms with Crippen molar-refractivity contribution in [1.82, 2.24) is 4.90 Å². The van der Waals surface area contributed by atoms with E-state index in [0.29, 0.717) is 6.10 Å². The fourth-order valence-corrected chi connectivity index (χ4v) is 3.05. The van der Waals surface area contributed by atoms with Crippen LogP contribution >= 0.6 is 0 Å². The molecule has 1 atom stereocenters. The number of rotatable bonds is 12. The van der Waals surface area contributed by atoms with E-state index in [1.54, 1.807) is 0 Å². The van der Waals surface area contributed by atoms with Crippen molar-refractivity contribution < 1.29 is 4.74 Å². The molecule has 0 N–H and O–H groups in total. The van der Waals surface area contributed by atoms with Crippen molar-refractivity contribution in [2.45, 2.75) is 90.6 Å². The van der Waals surface area contributed by atoms with Crippen LogP contribution in [-0.4, -0.2) is 37.2 Å². The largest absolute Gasteiger partial charge is 0.376 e. The second-order valence-corrected chi connectivity index (χ2v) is 6.41. The average Bonchev–Trinajstić information content (AvgIpc) is 2.48. The second-order valence-electron chi connectivity index (χ2n) is 6.41. The molecule has 0 amide bonds. The zero-order valence-corrected chi connectivity index (χ0v) is 14.0. The van der Waals surface area contributed by atoms with Gasteiger partial charge in [-0.05, 0) is 19.4 Å². The van der Waals surface area contributed by atoms with E-state index < -0.39 is 0 Å². The highest BCUT2D eigenvalue weighted by atomic mass is 16.5. The van der Waals surface area contributed by atoms with Crippen LogP contribution in [0.2, 0.25) is 0 Å². The first-order valence-electron chi connectivity index (χ1n) is 9.20. The number of hydrogen-bond donors (Lipinski definition) is 0.